The van der Waals surface area contributed by atoms with Crippen LogP contribution < -0.4 is 9.80 Å². The number of halogens is 3. The van der Waals surface area contributed by atoms with Crippen LogP contribution >= 0.6 is 12.2 Å². The van der Waals surface area contributed by atoms with Gasteiger partial charge in [0.2, 0.25) is 0 Å². The van der Waals surface area contributed by atoms with Gasteiger partial charge in [-0.25, -0.2) is 0 Å². The number of carbonyl (C=O) groups is 1. The number of hydrogen-bond acceptors (Lipinski definition) is 4. The molecule has 1 heterocycles. The zero-order valence-corrected chi connectivity index (χ0v) is 20.0. The van der Waals surface area contributed by atoms with Crippen LogP contribution in [0, 0.1) is 11.3 Å². The monoisotopic (exact) mass is 497 g/mol. The van der Waals surface area contributed by atoms with E-state index in [0.717, 1.165) is 28.2 Å². The third-order valence-electron chi connectivity index (χ3n) is 6.17. The molecule has 9 heteroatoms. The van der Waals surface area contributed by atoms with E-state index in [1.165, 1.54) is 6.07 Å². The van der Waals surface area contributed by atoms with Crippen molar-refractivity contribution in [2.75, 3.05) is 9.80 Å². The lowest BCUT2D eigenvalue weighted by Gasteiger charge is -2.29. The summed E-state index contributed by atoms with van der Waals surface area (Å²) >= 11 is 5.57. The van der Waals surface area contributed by atoms with Gasteiger partial charge < -0.3 is 10.0 Å². The minimum Gasteiger partial charge on any atom is -0.386 e. The van der Waals surface area contributed by atoms with Crippen molar-refractivity contribution in [1.29, 1.82) is 5.26 Å². The first-order valence-corrected chi connectivity index (χ1v) is 11.2. The molecule has 1 fully saturated rings. The van der Waals surface area contributed by atoms with Crippen LogP contribution in [0.25, 0.3) is 5.57 Å². The summed E-state index contributed by atoms with van der Waals surface area (Å²) in [5, 5.41) is 19.2. The molecule has 1 unspecified atom stereocenters. The number of nitriles is 1. The van der Waals surface area contributed by atoms with Crippen LogP contribution in [0.3, 0.4) is 0 Å². The molecule has 2 aromatic rings. The van der Waals surface area contributed by atoms with Gasteiger partial charge in [-0.1, -0.05) is 30.4 Å². The van der Waals surface area contributed by atoms with Crippen LogP contribution in [-0.2, 0) is 11.0 Å². The molecule has 35 heavy (non-hydrogen) atoms. The second kappa shape index (κ2) is 8.33. The van der Waals surface area contributed by atoms with E-state index in [1.54, 1.807) is 49.9 Å². The van der Waals surface area contributed by atoms with E-state index in [4.69, 9.17) is 17.5 Å². The van der Waals surface area contributed by atoms with Gasteiger partial charge in [-0.05, 0) is 80.9 Å². The molecular formula is C26H22F3N3O2S. The molecule has 1 aliphatic heterocycles. The number of allylic oxidation sites excluding steroid dienone is 2. The number of alkyl halides is 3. The fourth-order valence-corrected chi connectivity index (χ4v) is 4.72. The Labute approximate surface area is 206 Å². The van der Waals surface area contributed by atoms with Crippen LogP contribution in [0.15, 0.2) is 60.7 Å². The summed E-state index contributed by atoms with van der Waals surface area (Å²) in [6.45, 7) is 5.03. The summed E-state index contributed by atoms with van der Waals surface area (Å²) in [6.07, 6.45) is 1.24. The summed E-state index contributed by atoms with van der Waals surface area (Å²) in [5.74, 6) is -0.482. The van der Waals surface area contributed by atoms with Crippen LogP contribution in [0.1, 0.15) is 43.9 Å². The number of thiocarbonyl (C=S) groups is 1. The largest absolute Gasteiger partial charge is 0.417 e. The summed E-state index contributed by atoms with van der Waals surface area (Å²) < 4.78 is 40.5. The molecule has 1 aliphatic carbocycles. The number of nitrogens with zero attached hydrogens (tertiary/aromatic N) is 3. The van der Waals surface area contributed by atoms with Crippen molar-refractivity contribution in [2.24, 2.45) is 0 Å². The highest BCUT2D eigenvalue weighted by atomic mass is 32.1. The average Bonchev–Trinajstić information content (AvgIpc) is 2.96. The number of amides is 1. The predicted octanol–water partition coefficient (Wildman–Crippen LogP) is 5.59. The molecule has 1 N–H and O–H groups in total. The number of hydrogen-bond donors (Lipinski definition) is 1. The van der Waals surface area contributed by atoms with E-state index in [9.17, 15) is 23.1 Å². The Morgan fingerprint density at radius 2 is 1.71 bits per heavy atom. The van der Waals surface area contributed by atoms with Crippen LogP contribution in [-0.4, -0.2) is 27.3 Å². The van der Waals surface area contributed by atoms with Crippen molar-refractivity contribution in [3.05, 3.63) is 77.4 Å². The molecule has 0 spiro atoms. The molecule has 4 rings (SSSR count). The molecule has 1 amide bonds. The van der Waals surface area contributed by atoms with E-state index in [2.05, 4.69) is 0 Å². The van der Waals surface area contributed by atoms with Crippen molar-refractivity contribution in [2.45, 2.75) is 44.5 Å². The number of benzene rings is 2. The molecule has 180 valence electrons. The van der Waals surface area contributed by atoms with Crippen LogP contribution in [0.4, 0.5) is 24.5 Å². The Hall–Kier alpha value is -3.48. The summed E-state index contributed by atoms with van der Waals surface area (Å²) in [5.41, 5.74) is -1.28. The summed E-state index contributed by atoms with van der Waals surface area (Å²) in [6, 6.07) is 12.0. The highest BCUT2D eigenvalue weighted by Gasteiger charge is 2.50. The lowest BCUT2D eigenvalue weighted by atomic mass is 9.91. The van der Waals surface area contributed by atoms with E-state index < -0.39 is 34.4 Å². The van der Waals surface area contributed by atoms with E-state index in [1.807, 2.05) is 24.3 Å². The first-order valence-electron chi connectivity index (χ1n) is 10.8. The number of aliphatic hydroxyl groups is 1. The summed E-state index contributed by atoms with van der Waals surface area (Å²) in [7, 11) is 0. The molecular weight excluding hydrogens is 475 g/mol. The first-order chi connectivity index (χ1) is 16.3. The lowest BCUT2D eigenvalue weighted by Crippen LogP contribution is -2.44. The standard InChI is InChI=1S/C26H22F3N3O2S/c1-24(2)22(33)31(20-9-6-18(15-30)21(14-20)26(27,28)29)23(35)32(24)19-7-4-16(5-8-19)17-10-12-25(3,34)13-11-17/h4-12,14,34H,13H2,1-3H3. The molecule has 5 nitrogen and oxygen atoms in total. The lowest BCUT2D eigenvalue weighted by molar-refractivity contribution is -0.137. The van der Waals surface area contributed by atoms with E-state index in [-0.39, 0.29) is 10.8 Å². The van der Waals surface area contributed by atoms with Crippen molar-refractivity contribution in [3.8, 4) is 6.07 Å². The van der Waals surface area contributed by atoms with E-state index in [0.29, 0.717) is 12.1 Å². The van der Waals surface area contributed by atoms with Gasteiger partial charge in [-0.15, -0.1) is 0 Å². The molecule has 1 saturated heterocycles. The van der Waals surface area contributed by atoms with Gasteiger partial charge in [-0.3, -0.25) is 9.69 Å². The first kappa shape index (κ1) is 24.6. The highest BCUT2D eigenvalue weighted by molar-refractivity contribution is 7.81. The molecule has 1 atom stereocenters. The van der Waals surface area contributed by atoms with Gasteiger partial charge in [-0.2, -0.15) is 18.4 Å². The van der Waals surface area contributed by atoms with Crippen molar-refractivity contribution >= 4 is 40.2 Å². The Bertz CT molecular complexity index is 1320. The second-order valence-corrected chi connectivity index (χ2v) is 9.62. The topological polar surface area (TPSA) is 67.6 Å². The smallest absolute Gasteiger partial charge is 0.386 e. The zero-order valence-electron chi connectivity index (χ0n) is 19.2. The number of rotatable bonds is 3. The van der Waals surface area contributed by atoms with Gasteiger partial charge in [0, 0.05) is 5.69 Å². The SMILES string of the molecule is CC1(O)C=CC(c2ccc(N3C(=S)N(c4ccc(C#N)c(C(F)(F)F)c4)C(=O)C3(C)C)cc2)=CC1. The zero-order chi connectivity index (χ0) is 25.8. The van der Waals surface area contributed by atoms with Gasteiger partial charge in [0.15, 0.2) is 5.11 Å². The predicted molar refractivity (Wildman–Crippen MR) is 132 cm³/mol. The molecule has 0 aromatic heterocycles. The quantitative estimate of drug-likeness (QED) is 0.560. The van der Waals surface area contributed by atoms with Crippen molar-refractivity contribution in [3.63, 3.8) is 0 Å². The van der Waals surface area contributed by atoms with Crippen LogP contribution in [0.5, 0.6) is 0 Å². The van der Waals surface area contributed by atoms with Gasteiger partial charge in [0.1, 0.15) is 5.54 Å². The molecule has 2 aliphatic rings. The third-order valence-corrected chi connectivity index (χ3v) is 6.54. The minimum absolute atomic E-state index is 0.0402. The molecule has 0 radical (unpaired) electrons. The normalized spacial score (nSPS) is 21.8. The number of anilines is 2. The molecule has 0 bridgehead atoms. The summed E-state index contributed by atoms with van der Waals surface area (Å²) in [4.78, 5) is 16.0. The number of carbonyl (C=O) groups excluding carboxylic acids is 1. The van der Waals surface area contributed by atoms with Gasteiger partial charge in [0.25, 0.3) is 5.91 Å². The van der Waals surface area contributed by atoms with Crippen LogP contribution in [0.2, 0.25) is 0 Å². The maximum atomic E-state index is 13.5. The molecule has 2 aromatic carbocycles. The Balaban J connectivity index is 1.68. The minimum atomic E-state index is -4.76. The Morgan fingerprint density at radius 3 is 2.26 bits per heavy atom. The maximum Gasteiger partial charge on any atom is 0.417 e. The fourth-order valence-electron chi connectivity index (χ4n) is 4.20. The van der Waals surface area contributed by atoms with Crippen molar-refractivity contribution in [1.82, 2.24) is 0 Å². The van der Waals surface area contributed by atoms with Gasteiger partial charge >= 0.3 is 6.18 Å². The average molecular weight is 498 g/mol. The third kappa shape index (κ3) is 4.35. The highest BCUT2D eigenvalue weighted by Crippen LogP contribution is 2.40. The maximum absolute atomic E-state index is 13.5. The van der Waals surface area contributed by atoms with Crippen molar-refractivity contribution < 1.29 is 23.1 Å². The fraction of sp³-hybridized carbons (Fsp3) is 0.269. The Kier molecular flexibility index (Phi) is 5.86. The van der Waals surface area contributed by atoms with E-state index >= 15 is 0 Å². The second-order valence-electron chi connectivity index (χ2n) is 9.26. The van der Waals surface area contributed by atoms with Gasteiger partial charge in [0.05, 0.1) is 28.5 Å². The molecule has 0 saturated carbocycles. The Morgan fingerprint density at radius 1 is 1.09 bits per heavy atom.